The van der Waals surface area contributed by atoms with Gasteiger partial charge in [0, 0.05) is 0 Å². The van der Waals surface area contributed by atoms with Crippen molar-refractivity contribution in [3.8, 4) is 0 Å². The Kier molecular flexibility index (Phi) is 14.8. The molecule has 0 N–H and O–H groups in total. The Morgan fingerprint density at radius 1 is 0.484 bits per heavy atom. The number of phosphoric ester groups is 1. The van der Waals surface area contributed by atoms with E-state index in [0.717, 1.165) is 0 Å². The number of phosphoric acid groups is 1. The van der Waals surface area contributed by atoms with Gasteiger partial charge in [-0.05, 0) is 59.7 Å². The van der Waals surface area contributed by atoms with Crippen molar-refractivity contribution in [2.75, 3.05) is 6.61 Å². The first kappa shape index (κ1) is 43.4. The Labute approximate surface area is 357 Å². The Morgan fingerprint density at radius 3 is 1.29 bits per heavy atom. The molecule has 316 valence electrons. The van der Waals surface area contributed by atoms with E-state index in [0.29, 0.717) is 11.1 Å². The number of hydrogen-bond donors (Lipinski definition) is 0. The summed E-state index contributed by atoms with van der Waals surface area (Å²) in [5, 5.41) is 0. The summed E-state index contributed by atoms with van der Waals surface area (Å²) >= 11 is 0. The number of carbonyl (C=O) groups is 4. The zero-order chi connectivity index (χ0) is 43.2. The van der Waals surface area contributed by atoms with Crippen molar-refractivity contribution in [2.45, 2.75) is 43.9 Å². The molecule has 1 saturated heterocycles. The molecule has 7 rings (SSSR count). The topological polar surface area (TPSA) is 159 Å². The monoisotopic (exact) mass is 856 g/mol. The van der Waals surface area contributed by atoms with E-state index in [1.54, 1.807) is 133 Å². The van der Waals surface area contributed by atoms with Gasteiger partial charge in [-0.25, -0.2) is 23.7 Å². The van der Waals surface area contributed by atoms with Gasteiger partial charge in [-0.15, -0.1) is 0 Å². The maximum Gasteiger partial charge on any atom is 0.477 e. The van der Waals surface area contributed by atoms with E-state index in [1.165, 1.54) is 48.5 Å². The van der Waals surface area contributed by atoms with Crippen LogP contribution in [0.4, 0.5) is 0 Å². The van der Waals surface area contributed by atoms with Crippen molar-refractivity contribution in [3.63, 3.8) is 0 Å². The molecular formula is C48H41O13P. The molecule has 0 aromatic heterocycles. The summed E-state index contributed by atoms with van der Waals surface area (Å²) in [6.07, 6.45) is -8.43. The summed E-state index contributed by atoms with van der Waals surface area (Å²) in [6.45, 7) is -1.12. The molecule has 0 amide bonds. The third-order valence-electron chi connectivity index (χ3n) is 9.43. The summed E-state index contributed by atoms with van der Waals surface area (Å²) in [5.74, 6) is -3.40. The molecule has 14 heteroatoms. The maximum atomic E-state index is 14.8. The normalized spacial score (nSPS) is 17.6. The average molecular weight is 857 g/mol. The molecular weight excluding hydrogens is 815 g/mol. The predicted molar refractivity (Wildman–Crippen MR) is 223 cm³/mol. The molecule has 1 aliphatic heterocycles. The number of benzene rings is 6. The van der Waals surface area contributed by atoms with Crippen molar-refractivity contribution < 1.29 is 61.0 Å². The predicted octanol–water partition coefficient (Wildman–Crippen LogP) is 8.80. The molecule has 0 saturated carbocycles. The van der Waals surface area contributed by atoms with E-state index >= 15 is 0 Å². The van der Waals surface area contributed by atoms with E-state index in [-0.39, 0.29) is 35.5 Å². The Morgan fingerprint density at radius 2 is 0.855 bits per heavy atom. The van der Waals surface area contributed by atoms with Gasteiger partial charge in [0.05, 0.1) is 35.5 Å². The maximum absolute atomic E-state index is 14.8. The summed E-state index contributed by atoms with van der Waals surface area (Å²) in [4.78, 5) is 54.9. The van der Waals surface area contributed by atoms with Gasteiger partial charge in [0.1, 0.15) is 12.7 Å². The van der Waals surface area contributed by atoms with Crippen molar-refractivity contribution in [1.82, 2.24) is 0 Å². The first-order chi connectivity index (χ1) is 30.2. The van der Waals surface area contributed by atoms with E-state index in [4.69, 9.17) is 37.3 Å². The van der Waals surface area contributed by atoms with Crippen molar-refractivity contribution in [2.24, 2.45) is 0 Å². The Bertz CT molecular complexity index is 2380. The molecule has 1 fully saturated rings. The zero-order valence-electron chi connectivity index (χ0n) is 33.1. The van der Waals surface area contributed by atoms with E-state index in [2.05, 4.69) is 0 Å². The summed E-state index contributed by atoms with van der Waals surface area (Å²) in [5.41, 5.74) is 1.80. The van der Waals surface area contributed by atoms with Gasteiger partial charge in [0.25, 0.3) is 0 Å². The van der Waals surface area contributed by atoms with Crippen LogP contribution in [0, 0.1) is 0 Å². The highest BCUT2D eigenvalue weighted by Crippen LogP contribution is 2.54. The Hall–Kier alpha value is -6.73. The molecule has 0 spiro atoms. The van der Waals surface area contributed by atoms with E-state index in [1.807, 2.05) is 0 Å². The summed E-state index contributed by atoms with van der Waals surface area (Å²) in [6, 6.07) is 49.7. The highest BCUT2D eigenvalue weighted by Gasteiger charge is 2.57. The molecule has 0 aliphatic carbocycles. The molecule has 0 unspecified atom stereocenters. The van der Waals surface area contributed by atoms with Crippen LogP contribution in [0.15, 0.2) is 182 Å². The Balaban J connectivity index is 1.28. The first-order valence-electron chi connectivity index (χ1n) is 19.6. The fourth-order valence-corrected chi connectivity index (χ4v) is 7.53. The fourth-order valence-electron chi connectivity index (χ4n) is 6.30. The highest BCUT2D eigenvalue weighted by atomic mass is 31.2. The van der Waals surface area contributed by atoms with Gasteiger partial charge in [-0.1, -0.05) is 133 Å². The second-order valence-electron chi connectivity index (χ2n) is 13.8. The van der Waals surface area contributed by atoms with Gasteiger partial charge >= 0.3 is 31.7 Å². The largest absolute Gasteiger partial charge is 0.477 e. The first-order valence-corrected chi connectivity index (χ1v) is 21.0. The van der Waals surface area contributed by atoms with Crippen LogP contribution in [0.1, 0.15) is 52.6 Å². The second kappa shape index (κ2) is 21.2. The van der Waals surface area contributed by atoms with E-state index < -0.39 is 69.0 Å². The average Bonchev–Trinajstić information content (AvgIpc) is 3.64. The standard InChI is InChI=1S/C48H41O13P/c49-44(36-23-11-3-12-24-36)54-33-40(57-45(50)37-25-13-4-14-26-37)41-42(58-46(51)38-27-15-5-16-28-38)43(59-47(52)39-29-17-6-18-30-39)48(60-41)61-62(53,55-31-34-19-7-1-8-20-34)56-32-35-21-9-2-10-22-35/h1-30,40-43,48H,31-33H2/t40-,41+,42+,43-,48+/m1/s1. The SMILES string of the molecule is O=C(OC[C@@H](OC(=O)c1ccccc1)[C@@H]1O[C@@H](OP(=O)(OCc2ccccc2)OCc2ccccc2)[C@H](OC(=O)c2ccccc2)[C@H]1OC(=O)c1ccccc1)c1ccccc1. The van der Waals surface area contributed by atoms with Gasteiger partial charge in [-0.3, -0.25) is 13.6 Å². The highest BCUT2D eigenvalue weighted by molar-refractivity contribution is 7.48. The quantitative estimate of drug-likeness (QED) is 0.0459. The summed E-state index contributed by atoms with van der Waals surface area (Å²) in [7, 11) is -4.72. The van der Waals surface area contributed by atoms with Crippen molar-refractivity contribution in [3.05, 3.63) is 215 Å². The van der Waals surface area contributed by atoms with Crippen LogP contribution in [0.25, 0.3) is 0 Å². The van der Waals surface area contributed by atoms with E-state index in [9.17, 15) is 23.7 Å². The van der Waals surface area contributed by atoms with Gasteiger partial charge < -0.3 is 23.7 Å². The van der Waals surface area contributed by atoms with Crippen LogP contribution in [0.2, 0.25) is 0 Å². The lowest BCUT2D eigenvalue weighted by Gasteiger charge is -2.28. The molecule has 5 atom stereocenters. The third kappa shape index (κ3) is 11.8. The minimum atomic E-state index is -4.72. The third-order valence-corrected chi connectivity index (χ3v) is 10.8. The number of ether oxygens (including phenoxy) is 5. The van der Waals surface area contributed by atoms with Crippen molar-refractivity contribution >= 4 is 31.7 Å². The van der Waals surface area contributed by atoms with Crippen LogP contribution in [0.3, 0.4) is 0 Å². The van der Waals surface area contributed by atoms with Crippen LogP contribution < -0.4 is 0 Å². The van der Waals surface area contributed by atoms with Gasteiger partial charge in [-0.2, -0.15) is 0 Å². The molecule has 6 aromatic rings. The lowest BCUT2D eigenvalue weighted by Crippen LogP contribution is -2.47. The molecule has 6 aromatic carbocycles. The lowest BCUT2D eigenvalue weighted by atomic mass is 10.0. The molecule has 13 nitrogen and oxygen atoms in total. The lowest BCUT2D eigenvalue weighted by molar-refractivity contribution is -0.151. The van der Waals surface area contributed by atoms with Crippen LogP contribution in [-0.4, -0.2) is 61.2 Å². The fraction of sp³-hybridized carbons (Fsp3) is 0.167. The zero-order valence-corrected chi connectivity index (χ0v) is 34.0. The minimum Gasteiger partial charge on any atom is -0.458 e. The van der Waals surface area contributed by atoms with Crippen molar-refractivity contribution in [1.29, 1.82) is 0 Å². The minimum absolute atomic E-state index is 0.107. The molecule has 1 heterocycles. The number of esters is 4. The molecule has 62 heavy (non-hydrogen) atoms. The molecule has 1 aliphatic rings. The molecule has 0 bridgehead atoms. The smallest absolute Gasteiger partial charge is 0.458 e. The van der Waals surface area contributed by atoms with Crippen LogP contribution in [-0.2, 0) is 55.0 Å². The summed E-state index contributed by atoms with van der Waals surface area (Å²) < 4.78 is 63.0. The second-order valence-corrected chi connectivity index (χ2v) is 15.4. The number of rotatable bonds is 18. The van der Waals surface area contributed by atoms with Gasteiger partial charge in [0.2, 0.25) is 6.29 Å². The number of carbonyl (C=O) groups excluding carboxylic acids is 4. The number of hydrogen-bond acceptors (Lipinski definition) is 13. The van der Waals surface area contributed by atoms with Crippen LogP contribution >= 0.6 is 7.82 Å². The van der Waals surface area contributed by atoms with Gasteiger partial charge in [0.15, 0.2) is 18.3 Å². The molecule has 0 radical (unpaired) electrons. The van der Waals surface area contributed by atoms with Crippen LogP contribution in [0.5, 0.6) is 0 Å².